The first-order valence-corrected chi connectivity index (χ1v) is 9.09. The van der Waals surface area contributed by atoms with Crippen LogP contribution in [-0.4, -0.2) is 29.4 Å². The highest BCUT2D eigenvalue weighted by Gasteiger charge is 2.33. The normalized spacial score (nSPS) is 13.1. The maximum Gasteiger partial charge on any atom is 0.418 e. The number of rotatable bonds is 5. The van der Waals surface area contributed by atoms with Crippen molar-refractivity contribution in [2.24, 2.45) is 0 Å². The number of carbonyl (C=O) groups is 1. The van der Waals surface area contributed by atoms with Gasteiger partial charge in [0, 0.05) is 0 Å². The fourth-order valence-corrected chi connectivity index (χ4v) is 3.73. The molecule has 0 aliphatic rings. The smallest absolute Gasteiger partial charge is 0.324 e. The summed E-state index contributed by atoms with van der Waals surface area (Å²) in [6.07, 6.45) is -4.52. The lowest BCUT2D eigenvalue weighted by molar-refractivity contribution is -0.137. The summed E-state index contributed by atoms with van der Waals surface area (Å²) in [6, 6.07) is 12.5. The minimum absolute atomic E-state index is 0.0523. The second kappa shape index (κ2) is 7.66. The molecular formula is C19H18F3N3OS. The molecule has 8 heteroatoms. The van der Waals surface area contributed by atoms with Crippen LogP contribution in [-0.2, 0) is 11.0 Å². The molecule has 0 bridgehead atoms. The Morgan fingerprint density at radius 3 is 2.56 bits per heavy atom. The number of benzene rings is 2. The summed E-state index contributed by atoms with van der Waals surface area (Å²) in [6.45, 7) is 1.86. The van der Waals surface area contributed by atoms with Crippen molar-refractivity contribution in [2.45, 2.75) is 19.1 Å². The van der Waals surface area contributed by atoms with Crippen LogP contribution >= 0.6 is 11.3 Å². The molecule has 1 aromatic heterocycles. The molecule has 1 atom stereocenters. The maximum atomic E-state index is 13.0. The standard InChI is InChI=1S/C19H18F3N3OS/c1-12(18-24-15-9-5-6-10-16(15)27-18)25(2)11-17(26)23-14-8-4-3-7-13(14)19(20,21)22/h3-10,12H,11H2,1-2H3,(H,23,26)/t12-/m1/s1. The average Bonchev–Trinajstić information content (AvgIpc) is 3.04. The number of hydrogen-bond acceptors (Lipinski definition) is 4. The Hall–Kier alpha value is -2.45. The molecule has 1 amide bonds. The van der Waals surface area contributed by atoms with Crippen LogP contribution in [0.4, 0.5) is 18.9 Å². The molecule has 4 nitrogen and oxygen atoms in total. The molecule has 0 fully saturated rings. The number of hydrogen-bond donors (Lipinski definition) is 1. The molecule has 1 heterocycles. The molecule has 0 saturated carbocycles. The van der Waals surface area contributed by atoms with E-state index in [2.05, 4.69) is 10.3 Å². The molecule has 3 rings (SSSR count). The monoisotopic (exact) mass is 393 g/mol. The summed E-state index contributed by atoms with van der Waals surface area (Å²) >= 11 is 1.54. The van der Waals surface area contributed by atoms with E-state index in [-0.39, 0.29) is 18.3 Å². The van der Waals surface area contributed by atoms with E-state index in [0.29, 0.717) is 0 Å². The zero-order valence-corrected chi connectivity index (χ0v) is 15.6. The summed E-state index contributed by atoms with van der Waals surface area (Å²) in [7, 11) is 1.74. The molecule has 2 aromatic carbocycles. The lowest BCUT2D eigenvalue weighted by Gasteiger charge is -2.22. The van der Waals surface area contributed by atoms with Gasteiger partial charge in [-0.15, -0.1) is 11.3 Å². The lowest BCUT2D eigenvalue weighted by Crippen LogP contribution is -2.32. The number of para-hydroxylation sites is 2. The zero-order chi connectivity index (χ0) is 19.6. The Morgan fingerprint density at radius 2 is 1.85 bits per heavy atom. The fourth-order valence-electron chi connectivity index (χ4n) is 2.65. The van der Waals surface area contributed by atoms with Gasteiger partial charge in [-0.05, 0) is 38.2 Å². The Labute approximate surface area is 158 Å². The van der Waals surface area contributed by atoms with Crippen LogP contribution in [0.5, 0.6) is 0 Å². The van der Waals surface area contributed by atoms with Gasteiger partial charge in [0.15, 0.2) is 0 Å². The van der Waals surface area contributed by atoms with Gasteiger partial charge in [0.1, 0.15) is 5.01 Å². The van der Waals surface area contributed by atoms with Crippen molar-refractivity contribution < 1.29 is 18.0 Å². The second-order valence-corrected chi connectivity index (χ2v) is 7.26. The van der Waals surface area contributed by atoms with E-state index in [4.69, 9.17) is 0 Å². The first kappa shape index (κ1) is 19.3. The molecule has 1 N–H and O–H groups in total. The Kier molecular flexibility index (Phi) is 5.48. The number of halogens is 3. The maximum absolute atomic E-state index is 13.0. The van der Waals surface area contributed by atoms with Gasteiger partial charge in [0.2, 0.25) is 5.91 Å². The number of carbonyl (C=O) groups excluding carboxylic acids is 1. The molecule has 0 radical (unpaired) electrons. The molecular weight excluding hydrogens is 375 g/mol. The molecule has 3 aromatic rings. The van der Waals surface area contributed by atoms with Gasteiger partial charge in [0.25, 0.3) is 0 Å². The number of thiazole rings is 1. The number of likely N-dealkylation sites (N-methyl/N-ethyl adjacent to an activating group) is 1. The Balaban J connectivity index is 1.69. The number of aromatic nitrogens is 1. The van der Waals surface area contributed by atoms with E-state index in [0.717, 1.165) is 21.3 Å². The molecule has 0 aliphatic carbocycles. The van der Waals surface area contributed by atoms with E-state index in [9.17, 15) is 18.0 Å². The lowest BCUT2D eigenvalue weighted by atomic mass is 10.1. The predicted octanol–water partition coefficient (Wildman–Crippen LogP) is 4.95. The predicted molar refractivity (Wildman–Crippen MR) is 101 cm³/mol. The molecule has 27 heavy (non-hydrogen) atoms. The zero-order valence-electron chi connectivity index (χ0n) is 14.7. The minimum Gasteiger partial charge on any atom is -0.324 e. The van der Waals surface area contributed by atoms with Crippen molar-refractivity contribution in [3.8, 4) is 0 Å². The molecule has 0 saturated heterocycles. The number of nitrogens with zero attached hydrogens (tertiary/aromatic N) is 2. The highest BCUT2D eigenvalue weighted by Crippen LogP contribution is 2.34. The second-order valence-electron chi connectivity index (χ2n) is 6.20. The van der Waals surface area contributed by atoms with Crippen molar-refractivity contribution in [3.05, 3.63) is 59.1 Å². The number of amides is 1. The molecule has 142 valence electrons. The fraction of sp³-hybridized carbons (Fsp3) is 0.263. The molecule has 0 spiro atoms. The minimum atomic E-state index is -4.52. The van der Waals surface area contributed by atoms with Gasteiger partial charge in [-0.25, -0.2) is 4.98 Å². The van der Waals surface area contributed by atoms with Gasteiger partial charge in [0.05, 0.1) is 34.1 Å². The Bertz CT molecular complexity index is 922. The quantitative estimate of drug-likeness (QED) is 0.667. The first-order valence-electron chi connectivity index (χ1n) is 8.27. The highest BCUT2D eigenvalue weighted by atomic mass is 32.1. The molecule has 0 unspecified atom stereocenters. The topological polar surface area (TPSA) is 45.2 Å². The third-order valence-corrected chi connectivity index (χ3v) is 5.44. The SMILES string of the molecule is C[C@H](c1nc2ccccc2s1)N(C)CC(=O)Nc1ccccc1C(F)(F)F. The van der Waals surface area contributed by atoms with E-state index < -0.39 is 17.6 Å². The molecule has 0 aliphatic heterocycles. The van der Waals surface area contributed by atoms with Crippen LogP contribution in [0.3, 0.4) is 0 Å². The van der Waals surface area contributed by atoms with Crippen molar-refractivity contribution in [1.29, 1.82) is 0 Å². The summed E-state index contributed by atoms with van der Waals surface area (Å²) in [5.74, 6) is -0.512. The third-order valence-electron chi connectivity index (χ3n) is 4.23. The van der Waals surface area contributed by atoms with Crippen molar-refractivity contribution >= 4 is 33.1 Å². The van der Waals surface area contributed by atoms with E-state index in [1.807, 2.05) is 31.2 Å². The number of nitrogens with one attached hydrogen (secondary N) is 1. The van der Waals surface area contributed by atoms with Gasteiger partial charge >= 0.3 is 6.18 Å². The summed E-state index contributed by atoms with van der Waals surface area (Å²) in [4.78, 5) is 18.6. The van der Waals surface area contributed by atoms with E-state index in [1.54, 1.807) is 11.9 Å². The van der Waals surface area contributed by atoms with Gasteiger partial charge in [-0.1, -0.05) is 24.3 Å². The van der Waals surface area contributed by atoms with Gasteiger partial charge < -0.3 is 5.32 Å². The summed E-state index contributed by atoms with van der Waals surface area (Å²) in [5.41, 5.74) is -0.211. The van der Waals surface area contributed by atoms with Crippen molar-refractivity contribution in [1.82, 2.24) is 9.88 Å². The number of anilines is 1. The largest absolute Gasteiger partial charge is 0.418 e. The Morgan fingerprint density at radius 1 is 1.19 bits per heavy atom. The first-order chi connectivity index (χ1) is 12.8. The number of alkyl halides is 3. The van der Waals surface area contributed by atoms with Crippen LogP contribution in [0.2, 0.25) is 0 Å². The highest BCUT2D eigenvalue weighted by molar-refractivity contribution is 7.18. The van der Waals surface area contributed by atoms with Crippen LogP contribution in [0.25, 0.3) is 10.2 Å². The van der Waals surface area contributed by atoms with E-state index >= 15 is 0 Å². The van der Waals surface area contributed by atoms with Crippen LogP contribution in [0.1, 0.15) is 23.5 Å². The summed E-state index contributed by atoms with van der Waals surface area (Å²) < 4.78 is 40.2. The third kappa shape index (κ3) is 4.45. The van der Waals surface area contributed by atoms with Crippen LogP contribution in [0, 0.1) is 0 Å². The van der Waals surface area contributed by atoms with Crippen molar-refractivity contribution in [3.63, 3.8) is 0 Å². The van der Waals surface area contributed by atoms with Crippen molar-refractivity contribution in [2.75, 3.05) is 18.9 Å². The van der Waals surface area contributed by atoms with Gasteiger partial charge in [-0.2, -0.15) is 13.2 Å². The van der Waals surface area contributed by atoms with E-state index in [1.165, 1.54) is 29.5 Å². The number of fused-ring (bicyclic) bond motifs is 1. The summed E-state index contributed by atoms with van der Waals surface area (Å²) in [5, 5.41) is 3.21. The van der Waals surface area contributed by atoms with Crippen LogP contribution < -0.4 is 5.32 Å². The van der Waals surface area contributed by atoms with Gasteiger partial charge in [-0.3, -0.25) is 9.69 Å². The average molecular weight is 393 g/mol. The van der Waals surface area contributed by atoms with Crippen LogP contribution in [0.15, 0.2) is 48.5 Å².